The zero-order valence-corrected chi connectivity index (χ0v) is 11.0. The second kappa shape index (κ2) is 7.53. The Morgan fingerprint density at radius 2 is 1.95 bits per heavy atom. The van der Waals surface area contributed by atoms with E-state index < -0.39 is 24.0 Å². The van der Waals surface area contributed by atoms with Crippen LogP contribution < -0.4 is 11.1 Å². The maximum atomic E-state index is 11.6. The topological polar surface area (TPSA) is 92.4 Å². The predicted molar refractivity (Wildman–Crippen MR) is 72.6 cm³/mol. The average Bonchev–Trinajstić information content (AvgIpc) is 2.42. The van der Waals surface area contributed by atoms with Crippen molar-refractivity contribution in [3.05, 3.63) is 35.9 Å². The number of amides is 1. The third kappa shape index (κ3) is 5.09. The van der Waals surface area contributed by atoms with Crippen LogP contribution in [0.2, 0.25) is 0 Å². The molecule has 0 aromatic heterocycles. The van der Waals surface area contributed by atoms with Crippen LogP contribution in [0.3, 0.4) is 0 Å². The molecule has 5 nitrogen and oxygen atoms in total. The highest BCUT2D eigenvalue weighted by atomic mass is 16.4. The van der Waals surface area contributed by atoms with Crippen molar-refractivity contribution in [1.82, 2.24) is 5.32 Å². The number of carbonyl (C=O) groups excluding carboxylic acids is 1. The first-order valence-corrected chi connectivity index (χ1v) is 6.37. The number of hydrogen-bond donors (Lipinski definition) is 3. The molecule has 1 rings (SSSR count). The van der Waals surface area contributed by atoms with E-state index in [-0.39, 0.29) is 0 Å². The van der Waals surface area contributed by atoms with Crippen molar-refractivity contribution in [3.8, 4) is 0 Å². The fraction of sp³-hybridized carbons (Fsp3) is 0.429. The standard InChI is InChI=1S/C14H20N2O3/c1-2-11(15)13(17)16-12(14(18)19)9-8-10-6-4-3-5-7-10/h3-7,11-12H,2,8-9,15H2,1H3,(H,16,17)(H,18,19)/t11?,12-/m0/s1. The number of hydrogen-bond acceptors (Lipinski definition) is 3. The number of nitrogens with two attached hydrogens (primary N) is 1. The SMILES string of the molecule is CCC(N)C(=O)N[C@@H](CCc1ccccc1)C(=O)O. The van der Waals surface area contributed by atoms with Crippen LogP contribution in [0.15, 0.2) is 30.3 Å². The summed E-state index contributed by atoms with van der Waals surface area (Å²) in [4.78, 5) is 22.7. The quantitative estimate of drug-likeness (QED) is 0.683. The van der Waals surface area contributed by atoms with Gasteiger partial charge in [0.25, 0.3) is 0 Å². The van der Waals surface area contributed by atoms with E-state index in [1.165, 1.54) is 0 Å². The van der Waals surface area contributed by atoms with Crippen LogP contribution in [0.1, 0.15) is 25.3 Å². The van der Waals surface area contributed by atoms with E-state index in [0.717, 1.165) is 5.56 Å². The Hall–Kier alpha value is -1.88. The lowest BCUT2D eigenvalue weighted by Gasteiger charge is -2.17. The second-order valence-corrected chi connectivity index (χ2v) is 4.44. The normalized spacial score (nSPS) is 13.6. The van der Waals surface area contributed by atoms with E-state index in [1.54, 1.807) is 6.92 Å². The van der Waals surface area contributed by atoms with Crippen molar-refractivity contribution in [3.63, 3.8) is 0 Å². The first-order valence-electron chi connectivity index (χ1n) is 6.37. The zero-order chi connectivity index (χ0) is 14.3. The van der Waals surface area contributed by atoms with Gasteiger partial charge in [-0.3, -0.25) is 4.79 Å². The smallest absolute Gasteiger partial charge is 0.326 e. The molecule has 0 radical (unpaired) electrons. The molecule has 1 amide bonds. The maximum absolute atomic E-state index is 11.6. The molecule has 19 heavy (non-hydrogen) atoms. The van der Waals surface area contributed by atoms with Gasteiger partial charge in [0.05, 0.1) is 6.04 Å². The summed E-state index contributed by atoms with van der Waals surface area (Å²) in [6, 6.07) is 8.01. The second-order valence-electron chi connectivity index (χ2n) is 4.44. The van der Waals surface area contributed by atoms with E-state index in [1.807, 2.05) is 30.3 Å². The van der Waals surface area contributed by atoms with Crippen LogP contribution in [0, 0.1) is 0 Å². The fourth-order valence-electron chi connectivity index (χ4n) is 1.68. The van der Waals surface area contributed by atoms with Crippen molar-refractivity contribution in [1.29, 1.82) is 0 Å². The van der Waals surface area contributed by atoms with Gasteiger partial charge in [-0.2, -0.15) is 0 Å². The van der Waals surface area contributed by atoms with E-state index in [0.29, 0.717) is 19.3 Å². The zero-order valence-electron chi connectivity index (χ0n) is 11.0. The highest BCUT2D eigenvalue weighted by Gasteiger charge is 2.22. The summed E-state index contributed by atoms with van der Waals surface area (Å²) in [7, 11) is 0. The third-order valence-electron chi connectivity index (χ3n) is 2.96. The van der Waals surface area contributed by atoms with Gasteiger partial charge in [0.1, 0.15) is 6.04 Å². The molecule has 104 valence electrons. The van der Waals surface area contributed by atoms with Gasteiger partial charge in [0.2, 0.25) is 5.91 Å². The summed E-state index contributed by atoms with van der Waals surface area (Å²) in [6.45, 7) is 1.78. The van der Waals surface area contributed by atoms with Crippen molar-refractivity contribution in [2.75, 3.05) is 0 Å². The molecule has 1 aromatic carbocycles. The third-order valence-corrected chi connectivity index (χ3v) is 2.96. The summed E-state index contributed by atoms with van der Waals surface area (Å²) in [5, 5.41) is 11.6. The number of benzene rings is 1. The monoisotopic (exact) mass is 264 g/mol. The Labute approximate surface area is 112 Å². The molecule has 0 fully saturated rings. The Balaban J connectivity index is 2.54. The minimum absolute atomic E-state index is 0.349. The molecule has 0 saturated carbocycles. The van der Waals surface area contributed by atoms with Gasteiger partial charge in [0.15, 0.2) is 0 Å². The molecular weight excluding hydrogens is 244 g/mol. The van der Waals surface area contributed by atoms with Crippen molar-refractivity contribution < 1.29 is 14.7 Å². The van der Waals surface area contributed by atoms with Crippen LogP contribution in [0.25, 0.3) is 0 Å². The van der Waals surface area contributed by atoms with E-state index in [2.05, 4.69) is 5.32 Å². The van der Waals surface area contributed by atoms with Gasteiger partial charge >= 0.3 is 5.97 Å². The van der Waals surface area contributed by atoms with Crippen LogP contribution in [0.5, 0.6) is 0 Å². The van der Waals surface area contributed by atoms with Gasteiger partial charge in [-0.25, -0.2) is 4.79 Å². The highest BCUT2D eigenvalue weighted by molar-refractivity contribution is 5.86. The average molecular weight is 264 g/mol. The number of carboxylic acids is 1. The molecule has 0 aliphatic heterocycles. The predicted octanol–water partition coefficient (Wildman–Crippen LogP) is 0.926. The molecule has 1 unspecified atom stereocenters. The molecule has 1 aromatic rings. The van der Waals surface area contributed by atoms with Crippen molar-refractivity contribution in [2.24, 2.45) is 5.73 Å². The van der Waals surface area contributed by atoms with Crippen molar-refractivity contribution >= 4 is 11.9 Å². The van der Waals surface area contributed by atoms with Crippen LogP contribution in [-0.4, -0.2) is 29.1 Å². The molecule has 0 aliphatic carbocycles. The lowest BCUT2D eigenvalue weighted by molar-refractivity contribution is -0.142. The molecule has 0 heterocycles. The number of aryl methyl sites for hydroxylation is 1. The number of aliphatic carboxylic acids is 1. The Kier molecular flexibility index (Phi) is 6.02. The fourth-order valence-corrected chi connectivity index (χ4v) is 1.68. The van der Waals surface area contributed by atoms with E-state index in [9.17, 15) is 9.59 Å². The van der Waals surface area contributed by atoms with Gasteiger partial charge < -0.3 is 16.2 Å². The van der Waals surface area contributed by atoms with E-state index >= 15 is 0 Å². The molecule has 0 spiro atoms. The summed E-state index contributed by atoms with van der Waals surface area (Å²) >= 11 is 0. The molecule has 2 atom stereocenters. The number of carboxylic acid groups (broad SMARTS) is 1. The van der Waals surface area contributed by atoms with Gasteiger partial charge in [-0.05, 0) is 24.8 Å². The molecule has 0 aliphatic rings. The Morgan fingerprint density at radius 1 is 1.32 bits per heavy atom. The first-order chi connectivity index (χ1) is 9.04. The molecule has 4 N–H and O–H groups in total. The van der Waals surface area contributed by atoms with Gasteiger partial charge in [-0.15, -0.1) is 0 Å². The van der Waals surface area contributed by atoms with Gasteiger partial charge in [-0.1, -0.05) is 37.3 Å². The first kappa shape index (κ1) is 15.2. The van der Waals surface area contributed by atoms with Crippen LogP contribution in [0.4, 0.5) is 0 Å². The van der Waals surface area contributed by atoms with E-state index in [4.69, 9.17) is 10.8 Å². The lowest BCUT2D eigenvalue weighted by atomic mass is 10.0. The summed E-state index contributed by atoms with van der Waals surface area (Å²) in [6.07, 6.45) is 1.43. The summed E-state index contributed by atoms with van der Waals surface area (Å²) < 4.78 is 0. The van der Waals surface area contributed by atoms with Crippen molar-refractivity contribution in [2.45, 2.75) is 38.3 Å². The minimum Gasteiger partial charge on any atom is -0.480 e. The van der Waals surface area contributed by atoms with Crippen LogP contribution >= 0.6 is 0 Å². The Bertz CT molecular complexity index is 420. The van der Waals surface area contributed by atoms with Crippen LogP contribution in [-0.2, 0) is 16.0 Å². The number of rotatable bonds is 7. The lowest BCUT2D eigenvalue weighted by Crippen LogP contribution is -2.48. The number of nitrogens with one attached hydrogen (secondary N) is 1. The summed E-state index contributed by atoms with van der Waals surface area (Å²) in [5.74, 6) is -1.45. The maximum Gasteiger partial charge on any atom is 0.326 e. The molecule has 0 bridgehead atoms. The molecular formula is C14H20N2O3. The molecule has 5 heteroatoms. The van der Waals surface area contributed by atoms with Gasteiger partial charge in [0, 0.05) is 0 Å². The summed E-state index contributed by atoms with van der Waals surface area (Å²) in [5.41, 5.74) is 6.61. The minimum atomic E-state index is -1.03. The largest absolute Gasteiger partial charge is 0.480 e. The number of carbonyl (C=O) groups is 2. The Morgan fingerprint density at radius 3 is 2.47 bits per heavy atom. The molecule has 0 saturated heterocycles. The highest BCUT2D eigenvalue weighted by Crippen LogP contribution is 2.05.